The molecule has 0 saturated heterocycles. The number of halogens is 1. The molecule has 0 spiro atoms. The van der Waals surface area contributed by atoms with Gasteiger partial charge in [0.2, 0.25) is 0 Å². The Kier molecular flexibility index (Phi) is 4.46. The van der Waals surface area contributed by atoms with Crippen molar-refractivity contribution in [2.75, 3.05) is 5.33 Å². The lowest BCUT2D eigenvalue weighted by molar-refractivity contribution is 0.205. The molecule has 1 atom stereocenters. The fourth-order valence-corrected chi connectivity index (χ4v) is 1.66. The van der Waals surface area contributed by atoms with Gasteiger partial charge in [-0.2, -0.15) is 0 Å². The summed E-state index contributed by atoms with van der Waals surface area (Å²) in [4.78, 5) is 0. The van der Waals surface area contributed by atoms with E-state index >= 15 is 0 Å². The molecule has 0 aliphatic carbocycles. The van der Waals surface area contributed by atoms with E-state index in [2.05, 4.69) is 35.0 Å². The maximum Gasteiger partial charge on any atom is 0.0886 e. The van der Waals surface area contributed by atoms with Gasteiger partial charge in [0.15, 0.2) is 0 Å². The normalized spacial score (nSPS) is 12.8. The highest BCUT2D eigenvalue weighted by atomic mass is 79.9. The first-order valence-corrected chi connectivity index (χ1v) is 5.73. The zero-order valence-corrected chi connectivity index (χ0v) is 9.42. The first-order chi connectivity index (χ1) is 6.27. The van der Waals surface area contributed by atoms with Crippen molar-refractivity contribution in [2.24, 2.45) is 0 Å². The summed E-state index contributed by atoms with van der Waals surface area (Å²) in [7, 11) is 0. The smallest absolute Gasteiger partial charge is 0.0886 e. The second-order valence-corrected chi connectivity index (χ2v) is 3.81. The van der Waals surface area contributed by atoms with Gasteiger partial charge >= 0.3 is 0 Å². The zero-order chi connectivity index (χ0) is 9.68. The Morgan fingerprint density at radius 3 is 2.38 bits per heavy atom. The third-order valence-electron chi connectivity index (χ3n) is 2.05. The lowest BCUT2D eigenvalue weighted by atomic mass is 10.1. The van der Waals surface area contributed by atoms with Crippen LogP contribution in [0.25, 0.3) is 0 Å². The van der Waals surface area contributed by atoms with Crippen LogP contribution < -0.4 is 0 Å². The molecule has 0 aromatic heterocycles. The Hall–Kier alpha value is -0.340. The second kappa shape index (κ2) is 5.40. The van der Waals surface area contributed by atoms with E-state index in [1.54, 1.807) is 0 Å². The number of rotatable bonds is 4. The fraction of sp³-hybridized carbons (Fsp3) is 0.455. The molecule has 0 fully saturated rings. The Balaban J connectivity index is 2.69. The van der Waals surface area contributed by atoms with Crippen LogP contribution in [0, 0.1) is 0 Å². The van der Waals surface area contributed by atoms with Crippen molar-refractivity contribution in [3.8, 4) is 0 Å². The van der Waals surface area contributed by atoms with Crippen LogP contribution in [0.5, 0.6) is 0 Å². The van der Waals surface area contributed by atoms with Gasteiger partial charge in [0.05, 0.1) is 6.10 Å². The van der Waals surface area contributed by atoms with E-state index in [0.29, 0.717) is 5.33 Å². The van der Waals surface area contributed by atoms with E-state index < -0.39 is 0 Å². The summed E-state index contributed by atoms with van der Waals surface area (Å²) >= 11 is 3.25. The van der Waals surface area contributed by atoms with E-state index in [0.717, 1.165) is 12.0 Å². The largest absolute Gasteiger partial charge is 0.388 e. The van der Waals surface area contributed by atoms with Gasteiger partial charge in [-0.3, -0.25) is 0 Å². The number of hydrogen-bond donors (Lipinski definition) is 1. The lowest BCUT2D eigenvalue weighted by Gasteiger charge is -2.07. The molecule has 0 radical (unpaired) electrons. The highest BCUT2D eigenvalue weighted by Crippen LogP contribution is 2.16. The van der Waals surface area contributed by atoms with Crippen LogP contribution in [0.4, 0.5) is 0 Å². The highest BCUT2D eigenvalue weighted by Gasteiger charge is 2.03. The Morgan fingerprint density at radius 1 is 1.31 bits per heavy atom. The molecule has 1 rings (SSSR count). The zero-order valence-electron chi connectivity index (χ0n) is 7.83. The van der Waals surface area contributed by atoms with Crippen molar-refractivity contribution < 1.29 is 5.11 Å². The average molecular weight is 243 g/mol. The number of benzene rings is 1. The van der Waals surface area contributed by atoms with Crippen molar-refractivity contribution in [2.45, 2.75) is 25.9 Å². The minimum Gasteiger partial charge on any atom is -0.388 e. The van der Waals surface area contributed by atoms with Gasteiger partial charge < -0.3 is 5.11 Å². The summed E-state index contributed by atoms with van der Waals surface area (Å²) in [6.07, 6.45) is 1.90. The van der Waals surface area contributed by atoms with Gasteiger partial charge in [-0.15, -0.1) is 0 Å². The summed E-state index contributed by atoms with van der Waals surface area (Å²) in [6.45, 7) is 2.17. The van der Waals surface area contributed by atoms with Crippen molar-refractivity contribution in [3.05, 3.63) is 35.4 Å². The molecule has 13 heavy (non-hydrogen) atoms. The number of alkyl halides is 1. The predicted molar refractivity (Wildman–Crippen MR) is 59.2 cm³/mol. The molecule has 2 heteroatoms. The van der Waals surface area contributed by atoms with Crippen LogP contribution >= 0.6 is 15.9 Å². The van der Waals surface area contributed by atoms with E-state index in [-0.39, 0.29) is 6.10 Å². The van der Waals surface area contributed by atoms with Gasteiger partial charge in [-0.25, -0.2) is 0 Å². The van der Waals surface area contributed by atoms with E-state index in [9.17, 15) is 5.11 Å². The topological polar surface area (TPSA) is 20.2 Å². The van der Waals surface area contributed by atoms with Gasteiger partial charge in [0, 0.05) is 5.33 Å². The van der Waals surface area contributed by atoms with Crippen molar-refractivity contribution in [1.29, 1.82) is 0 Å². The van der Waals surface area contributed by atoms with Gasteiger partial charge in [0.1, 0.15) is 0 Å². The van der Waals surface area contributed by atoms with Gasteiger partial charge in [-0.05, 0) is 17.5 Å². The van der Waals surface area contributed by atoms with Crippen LogP contribution in [0.2, 0.25) is 0 Å². The summed E-state index contributed by atoms with van der Waals surface area (Å²) in [6, 6.07) is 8.17. The third kappa shape index (κ3) is 3.12. The third-order valence-corrected chi connectivity index (χ3v) is 2.66. The highest BCUT2D eigenvalue weighted by molar-refractivity contribution is 9.09. The van der Waals surface area contributed by atoms with Crippen LogP contribution in [0.1, 0.15) is 30.6 Å². The number of aryl methyl sites for hydroxylation is 1. The summed E-state index contributed by atoms with van der Waals surface area (Å²) in [5, 5.41) is 10.1. The monoisotopic (exact) mass is 242 g/mol. The number of hydrogen-bond acceptors (Lipinski definition) is 1. The minimum absolute atomic E-state index is 0.379. The molecule has 1 aromatic carbocycles. The molecule has 0 aliphatic heterocycles. The molecule has 0 heterocycles. The minimum atomic E-state index is -0.379. The maximum absolute atomic E-state index is 9.50. The Labute approximate surface area is 87.9 Å². The predicted octanol–water partition coefficient (Wildman–Crippen LogP) is 3.07. The molecule has 0 bridgehead atoms. The molecule has 72 valence electrons. The second-order valence-electron chi connectivity index (χ2n) is 3.16. The molecular formula is C11H15BrO. The maximum atomic E-state index is 9.50. The van der Waals surface area contributed by atoms with E-state index in [1.807, 2.05) is 12.1 Å². The van der Waals surface area contributed by atoms with Crippen LogP contribution in [0.15, 0.2) is 24.3 Å². The molecule has 1 aromatic rings. The lowest BCUT2D eigenvalue weighted by Crippen LogP contribution is -1.97. The first kappa shape index (κ1) is 10.7. The molecule has 0 unspecified atom stereocenters. The molecule has 0 saturated carbocycles. The number of aliphatic hydroxyl groups excluding tert-OH is 1. The van der Waals surface area contributed by atoms with Gasteiger partial charge in [-0.1, -0.05) is 53.5 Å². The summed E-state index contributed by atoms with van der Waals surface area (Å²) in [5.41, 5.74) is 2.32. The quantitative estimate of drug-likeness (QED) is 0.806. The average Bonchev–Trinajstić information content (AvgIpc) is 2.18. The van der Waals surface area contributed by atoms with Crippen molar-refractivity contribution in [3.63, 3.8) is 0 Å². The Bertz CT molecular complexity index is 243. The van der Waals surface area contributed by atoms with Crippen molar-refractivity contribution in [1.82, 2.24) is 0 Å². The SMILES string of the molecule is CCCc1ccc([C@H](O)CBr)cc1. The van der Waals surface area contributed by atoms with E-state index in [4.69, 9.17) is 0 Å². The van der Waals surface area contributed by atoms with Crippen LogP contribution in [0.3, 0.4) is 0 Å². The van der Waals surface area contributed by atoms with Crippen molar-refractivity contribution >= 4 is 15.9 Å². The van der Waals surface area contributed by atoms with E-state index in [1.165, 1.54) is 12.0 Å². The number of aliphatic hydroxyl groups is 1. The Morgan fingerprint density at radius 2 is 1.92 bits per heavy atom. The molecule has 0 amide bonds. The standard InChI is InChI=1S/C11H15BrO/c1-2-3-9-4-6-10(7-5-9)11(13)8-12/h4-7,11,13H,2-3,8H2,1H3/t11-/m1/s1. The fourth-order valence-electron chi connectivity index (χ4n) is 1.28. The van der Waals surface area contributed by atoms with Crippen LogP contribution in [-0.2, 0) is 6.42 Å². The first-order valence-electron chi connectivity index (χ1n) is 4.60. The summed E-state index contributed by atoms with van der Waals surface area (Å²) < 4.78 is 0. The van der Waals surface area contributed by atoms with Gasteiger partial charge in [0.25, 0.3) is 0 Å². The molecule has 1 N–H and O–H groups in total. The molecule has 0 aliphatic rings. The molecule has 1 nitrogen and oxygen atoms in total. The summed E-state index contributed by atoms with van der Waals surface area (Å²) in [5.74, 6) is 0. The molecular weight excluding hydrogens is 228 g/mol. The van der Waals surface area contributed by atoms with Crippen LogP contribution in [-0.4, -0.2) is 10.4 Å².